The number of fused-ring (bicyclic) bond motifs is 1. The molecule has 0 aliphatic carbocycles. The van der Waals surface area contributed by atoms with E-state index in [2.05, 4.69) is 10.6 Å². The van der Waals surface area contributed by atoms with Crippen LogP contribution in [0.1, 0.15) is 25.5 Å². The third-order valence-electron chi connectivity index (χ3n) is 5.20. The normalized spacial score (nSPS) is 17.7. The Morgan fingerprint density at radius 1 is 1.21 bits per heavy atom. The molecule has 3 atom stereocenters. The minimum absolute atomic E-state index is 0.0190. The third kappa shape index (κ3) is 6.19. The monoisotopic (exact) mass is 488 g/mol. The van der Waals surface area contributed by atoms with E-state index in [0.717, 1.165) is 10.6 Å². The molecule has 0 saturated carbocycles. The average Bonchev–Trinajstić information content (AvgIpc) is 2.96. The lowest BCUT2D eigenvalue weighted by molar-refractivity contribution is -0.144. The first-order valence-electron chi connectivity index (χ1n) is 10.7. The van der Waals surface area contributed by atoms with Crippen molar-refractivity contribution in [1.29, 1.82) is 0 Å². The topological polar surface area (TPSA) is 154 Å². The van der Waals surface area contributed by atoms with Gasteiger partial charge in [-0.05, 0) is 47.7 Å². The van der Waals surface area contributed by atoms with Gasteiger partial charge in [-0.25, -0.2) is 9.10 Å². The molecule has 6 N–H and O–H groups in total. The van der Waals surface area contributed by atoms with Gasteiger partial charge in [-0.15, -0.1) is 0 Å². The molecule has 0 aromatic heterocycles. The zero-order valence-corrected chi connectivity index (χ0v) is 19.6. The molecule has 182 valence electrons. The van der Waals surface area contributed by atoms with Crippen LogP contribution < -0.4 is 16.4 Å². The first-order chi connectivity index (χ1) is 16.2. The summed E-state index contributed by atoms with van der Waals surface area (Å²) in [6.07, 6.45) is -0.781. The van der Waals surface area contributed by atoms with Crippen molar-refractivity contribution in [3.05, 3.63) is 54.1 Å². The second-order valence-electron chi connectivity index (χ2n) is 8.12. The second kappa shape index (κ2) is 11.2. The lowest BCUT2D eigenvalue weighted by Crippen LogP contribution is -2.51. The third-order valence-corrected chi connectivity index (χ3v) is 6.41. The molecule has 2 aromatic carbocycles. The van der Waals surface area contributed by atoms with Gasteiger partial charge in [0.1, 0.15) is 30.7 Å². The van der Waals surface area contributed by atoms with Gasteiger partial charge in [-0.3, -0.25) is 9.59 Å². The number of carbonyl (C=O) groups excluding carboxylic acids is 2. The molecule has 0 fully saturated rings. The Bertz CT molecular complexity index is 1030. The highest BCUT2D eigenvalue weighted by Crippen LogP contribution is 2.40. The van der Waals surface area contributed by atoms with Crippen LogP contribution >= 0.6 is 11.9 Å². The van der Waals surface area contributed by atoms with Crippen LogP contribution in [-0.4, -0.2) is 57.7 Å². The van der Waals surface area contributed by atoms with E-state index in [9.17, 15) is 24.6 Å². The van der Waals surface area contributed by atoms with Crippen molar-refractivity contribution in [2.45, 2.75) is 37.1 Å². The summed E-state index contributed by atoms with van der Waals surface area (Å²) in [5.74, 6) is -2.71. The van der Waals surface area contributed by atoms with E-state index in [4.69, 9.17) is 10.5 Å². The van der Waals surface area contributed by atoms with Crippen molar-refractivity contribution in [3.8, 4) is 5.75 Å². The Morgan fingerprint density at radius 2 is 1.88 bits per heavy atom. The average molecular weight is 489 g/mol. The summed E-state index contributed by atoms with van der Waals surface area (Å²) in [6, 6.07) is 11.4. The Hall–Kier alpha value is -3.28. The van der Waals surface area contributed by atoms with Crippen LogP contribution in [0.2, 0.25) is 0 Å². The molecule has 1 aliphatic heterocycles. The quantitative estimate of drug-likeness (QED) is 0.333. The zero-order chi connectivity index (χ0) is 24.8. The maximum absolute atomic E-state index is 13.6. The van der Waals surface area contributed by atoms with Crippen molar-refractivity contribution in [3.63, 3.8) is 0 Å². The van der Waals surface area contributed by atoms with Crippen LogP contribution in [0.4, 0.5) is 5.69 Å². The Balaban J connectivity index is 2.05. The van der Waals surface area contributed by atoms with E-state index < -0.39 is 36.1 Å². The number of carboxylic acid groups (broad SMARTS) is 1. The summed E-state index contributed by atoms with van der Waals surface area (Å²) < 4.78 is 7.44. The number of nitrogens with one attached hydrogen (secondary N) is 2. The second-order valence-corrected chi connectivity index (χ2v) is 9.17. The van der Waals surface area contributed by atoms with Gasteiger partial charge in [0.25, 0.3) is 0 Å². The summed E-state index contributed by atoms with van der Waals surface area (Å²) in [5.41, 5.74) is 6.61. The Morgan fingerprint density at radius 3 is 2.50 bits per heavy atom. The van der Waals surface area contributed by atoms with Gasteiger partial charge >= 0.3 is 5.97 Å². The predicted molar refractivity (Wildman–Crippen MR) is 127 cm³/mol. The van der Waals surface area contributed by atoms with Crippen LogP contribution in [0.5, 0.6) is 5.75 Å². The number of nitrogens with zero attached hydrogens (tertiary/aromatic N) is 1. The maximum Gasteiger partial charge on any atom is 0.326 e. The molecule has 0 radical (unpaired) electrons. The maximum atomic E-state index is 13.6. The van der Waals surface area contributed by atoms with Crippen molar-refractivity contribution in [2.75, 3.05) is 18.5 Å². The number of amides is 2. The first kappa shape index (κ1) is 25.3. The summed E-state index contributed by atoms with van der Waals surface area (Å²) in [5, 5.41) is 25.3. The summed E-state index contributed by atoms with van der Waals surface area (Å²) >= 11 is 1.24. The lowest BCUT2D eigenvalue weighted by Gasteiger charge is -2.35. The van der Waals surface area contributed by atoms with Gasteiger partial charge in [0.15, 0.2) is 0 Å². The number of ether oxygens (including phenoxy) is 1. The number of carboxylic acids is 1. The van der Waals surface area contributed by atoms with Gasteiger partial charge in [0.2, 0.25) is 11.8 Å². The van der Waals surface area contributed by atoms with Crippen LogP contribution in [0.15, 0.2) is 53.4 Å². The van der Waals surface area contributed by atoms with E-state index in [0.29, 0.717) is 5.56 Å². The summed E-state index contributed by atoms with van der Waals surface area (Å²) in [7, 11) is 0. The molecular formula is C23H28N4O6S. The SMILES string of the molecule is CC(C)[C@H](NC(=O)[C@@H](c1ccc(O)cc1)N1Sc2ccccc2NCC1OCC(N)=O)C(=O)O. The number of benzene rings is 2. The van der Waals surface area contributed by atoms with Crippen molar-refractivity contribution in [2.24, 2.45) is 11.7 Å². The molecule has 3 rings (SSSR count). The van der Waals surface area contributed by atoms with Crippen LogP contribution in [-0.2, 0) is 19.1 Å². The van der Waals surface area contributed by atoms with E-state index in [1.165, 1.54) is 24.1 Å². The van der Waals surface area contributed by atoms with E-state index in [1.54, 1.807) is 30.3 Å². The number of phenols is 1. The molecule has 0 bridgehead atoms. The molecule has 10 nitrogen and oxygen atoms in total. The molecule has 1 heterocycles. The number of rotatable bonds is 9. The lowest BCUT2D eigenvalue weighted by atomic mass is 10.0. The van der Waals surface area contributed by atoms with Crippen LogP contribution in [0.3, 0.4) is 0 Å². The molecule has 11 heteroatoms. The number of phenolic OH excluding ortho intramolecular Hbond substituents is 1. The fraction of sp³-hybridized carbons (Fsp3) is 0.348. The van der Waals surface area contributed by atoms with Gasteiger partial charge < -0.3 is 31.3 Å². The number of nitrogens with two attached hydrogens (primary N) is 1. The van der Waals surface area contributed by atoms with Crippen LogP contribution in [0.25, 0.3) is 0 Å². The van der Waals surface area contributed by atoms with Gasteiger partial charge in [0.05, 0.1) is 6.54 Å². The molecular weight excluding hydrogens is 460 g/mol. The van der Waals surface area contributed by atoms with Gasteiger partial charge in [-0.1, -0.05) is 38.1 Å². The number of aromatic hydroxyl groups is 1. The van der Waals surface area contributed by atoms with Crippen LogP contribution in [0, 0.1) is 5.92 Å². The largest absolute Gasteiger partial charge is 0.508 e. The highest BCUT2D eigenvalue weighted by Gasteiger charge is 2.38. The molecule has 0 spiro atoms. The van der Waals surface area contributed by atoms with E-state index in [-0.39, 0.29) is 24.8 Å². The molecule has 0 saturated heterocycles. The standard InChI is InChI=1S/C23H28N4O6S/c1-13(2)20(23(31)32)26-22(30)21(14-7-9-15(28)10-8-14)27-19(33-12-18(24)29)11-25-16-5-3-4-6-17(16)34-27/h3-10,13,19-21,25,28H,11-12H2,1-2H3,(H2,24,29)(H,26,30)(H,31,32)/t19?,20-,21+/m0/s1. The highest BCUT2D eigenvalue weighted by atomic mass is 32.2. The molecule has 2 aromatic rings. The smallest absolute Gasteiger partial charge is 0.326 e. The van der Waals surface area contributed by atoms with Crippen molar-refractivity contribution < 1.29 is 29.3 Å². The van der Waals surface area contributed by atoms with Crippen molar-refractivity contribution >= 4 is 35.4 Å². The van der Waals surface area contributed by atoms with E-state index >= 15 is 0 Å². The highest BCUT2D eigenvalue weighted by molar-refractivity contribution is 7.97. The molecule has 2 amide bonds. The molecule has 1 unspecified atom stereocenters. The number of hydrogen-bond acceptors (Lipinski definition) is 8. The molecule has 1 aliphatic rings. The van der Waals surface area contributed by atoms with Gasteiger partial charge in [-0.2, -0.15) is 0 Å². The number of aliphatic carboxylic acids is 1. The molecule has 34 heavy (non-hydrogen) atoms. The first-order valence-corrected chi connectivity index (χ1v) is 11.5. The fourth-order valence-corrected chi connectivity index (χ4v) is 4.68. The van der Waals surface area contributed by atoms with Gasteiger partial charge in [0, 0.05) is 10.6 Å². The predicted octanol–water partition coefficient (Wildman–Crippen LogP) is 1.92. The summed E-state index contributed by atoms with van der Waals surface area (Å²) in [4.78, 5) is 37.6. The number of para-hydroxylation sites is 1. The fourth-order valence-electron chi connectivity index (χ4n) is 3.50. The minimum atomic E-state index is -1.15. The Kier molecular flexibility index (Phi) is 8.37. The number of primary amides is 1. The zero-order valence-electron chi connectivity index (χ0n) is 18.8. The minimum Gasteiger partial charge on any atom is -0.508 e. The summed E-state index contributed by atoms with van der Waals surface area (Å²) in [6.45, 7) is 3.27. The number of carbonyl (C=O) groups is 3. The number of anilines is 1. The van der Waals surface area contributed by atoms with E-state index in [1.807, 2.05) is 24.3 Å². The Labute approximate surface area is 201 Å². The van der Waals surface area contributed by atoms with Crippen molar-refractivity contribution in [1.82, 2.24) is 9.62 Å². The number of hydrogen-bond donors (Lipinski definition) is 5.